The van der Waals surface area contributed by atoms with Crippen LogP contribution in [-0.2, 0) is 9.84 Å². The molecule has 4 nitrogen and oxygen atoms in total. The maximum atomic E-state index is 13.4. The van der Waals surface area contributed by atoms with Crippen LogP contribution in [0.2, 0.25) is 18.1 Å². The molecule has 0 spiro atoms. The van der Waals surface area contributed by atoms with Crippen molar-refractivity contribution in [2.24, 2.45) is 0 Å². The van der Waals surface area contributed by atoms with Gasteiger partial charge in [0.25, 0.3) is 0 Å². The number of carbonyl (C=O) groups is 1. The van der Waals surface area contributed by atoms with Gasteiger partial charge in [0.15, 0.2) is 14.1 Å². The molecule has 1 aromatic heterocycles. The Morgan fingerprint density at radius 2 is 1.90 bits per heavy atom. The van der Waals surface area contributed by atoms with E-state index in [1.54, 1.807) is 12.1 Å². The van der Waals surface area contributed by atoms with Gasteiger partial charge in [-0.15, -0.1) is 0 Å². The topological polar surface area (TPSA) is 48.4 Å². The van der Waals surface area contributed by atoms with Crippen LogP contribution in [0, 0.1) is 5.82 Å². The molecule has 3 rings (SSSR count). The Balaban J connectivity index is 2.04. The highest BCUT2D eigenvalue weighted by Crippen LogP contribution is 2.46. The van der Waals surface area contributed by atoms with Crippen LogP contribution in [0.25, 0.3) is 11.3 Å². The van der Waals surface area contributed by atoms with Gasteiger partial charge in [0, 0.05) is 24.7 Å². The molecule has 1 aliphatic heterocycles. The third kappa shape index (κ3) is 4.14. The maximum Gasteiger partial charge on any atom is 0.192 e. The maximum absolute atomic E-state index is 13.4. The summed E-state index contributed by atoms with van der Waals surface area (Å²) in [5.74, 6) is 0.223. The molecular weight excluding hydrogens is 385 g/mol. The SMILES string of the molecule is CC(=O)c1cc2c(c(-c3ccc(F)cc3)n1)OC[C@]2(C)CO[Si](C)(C)C(C)(C)C. The molecule has 0 bridgehead atoms. The van der Waals surface area contributed by atoms with E-state index in [2.05, 4.69) is 45.8 Å². The summed E-state index contributed by atoms with van der Waals surface area (Å²) in [6.07, 6.45) is 0. The van der Waals surface area contributed by atoms with Crippen molar-refractivity contribution >= 4 is 14.1 Å². The van der Waals surface area contributed by atoms with E-state index in [1.807, 2.05) is 6.07 Å². The summed E-state index contributed by atoms with van der Waals surface area (Å²) < 4.78 is 26.0. The highest BCUT2D eigenvalue weighted by Gasteiger charge is 2.44. The van der Waals surface area contributed by atoms with E-state index in [0.29, 0.717) is 30.4 Å². The number of rotatable bonds is 5. The molecule has 0 saturated carbocycles. The molecule has 0 N–H and O–H groups in total. The van der Waals surface area contributed by atoms with Crippen LogP contribution in [0.15, 0.2) is 30.3 Å². The number of hydrogen-bond acceptors (Lipinski definition) is 4. The van der Waals surface area contributed by atoms with Crippen LogP contribution < -0.4 is 4.74 Å². The second kappa shape index (κ2) is 7.33. The lowest BCUT2D eigenvalue weighted by Crippen LogP contribution is -2.45. The smallest absolute Gasteiger partial charge is 0.192 e. The number of ketones is 1. The normalized spacial score (nSPS) is 19.0. The number of hydrogen-bond donors (Lipinski definition) is 0. The van der Waals surface area contributed by atoms with Crippen LogP contribution in [0.1, 0.15) is 50.7 Å². The van der Waals surface area contributed by atoms with Crippen molar-refractivity contribution in [1.29, 1.82) is 0 Å². The largest absolute Gasteiger partial charge is 0.490 e. The molecule has 1 atom stereocenters. The summed E-state index contributed by atoms with van der Waals surface area (Å²) in [4.78, 5) is 16.7. The average molecular weight is 416 g/mol. The predicted molar refractivity (Wildman–Crippen MR) is 116 cm³/mol. The van der Waals surface area contributed by atoms with Crippen molar-refractivity contribution in [2.45, 2.75) is 58.2 Å². The summed E-state index contributed by atoms with van der Waals surface area (Å²) in [5.41, 5.74) is 2.22. The number of halogens is 1. The lowest BCUT2D eigenvalue weighted by atomic mass is 9.84. The first-order valence-corrected chi connectivity index (χ1v) is 12.8. The molecule has 0 saturated heterocycles. The van der Waals surface area contributed by atoms with Gasteiger partial charge >= 0.3 is 0 Å². The molecule has 29 heavy (non-hydrogen) atoms. The van der Waals surface area contributed by atoms with Gasteiger partial charge < -0.3 is 9.16 Å². The second-order valence-electron chi connectivity index (χ2n) is 9.69. The number of Topliss-reactive ketones (excluding diaryl/α,β-unsaturated/α-hetero) is 1. The fourth-order valence-electron chi connectivity index (χ4n) is 3.10. The summed E-state index contributed by atoms with van der Waals surface area (Å²) >= 11 is 0. The molecule has 1 aromatic carbocycles. The number of aromatic nitrogens is 1. The van der Waals surface area contributed by atoms with Crippen LogP contribution >= 0.6 is 0 Å². The van der Waals surface area contributed by atoms with Crippen LogP contribution in [0.3, 0.4) is 0 Å². The quantitative estimate of drug-likeness (QED) is 0.460. The number of fused-ring (bicyclic) bond motifs is 1. The van der Waals surface area contributed by atoms with Crippen molar-refractivity contribution in [2.75, 3.05) is 13.2 Å². The first-order chi connectivity index (χ1) is 13.3. The van der Waals surface area contributed by atoms with Crippen molar-refractivity contribution in [1.82, 2.24) is 4.98 Å². The first-order valence-electron chi connectivity index (χ1n) is 9.93. The Hall–Kier alpha value is -2.05. The average Bonchev–Trinajstić information content (AvgIpc) is 2.97. The van der Waals surface area contributed by atoms with E-state index >= 15 is 0 Å². The summed E-state index contributed by atoms with van der Waals surface area (Å²) in [6, 6.07) is 7.92. The zero-order valence-electron chi connectivity index (χ0n) is 18.4. The number of benzene rings is 1. The fourth-order valence-corrected chi connectivity index (χ4v) is 4.21. The van der Waals surface area contributed by atoms with Gasteiger partial charge in [0.2, 0.25) is 0 Å². The number of ether oxygens (including phenoxy) is 1. The van der Waals surface area contributed by atoms with Gasteiger partial charge in [-0.05, 0) is 55.4 Å². The number of nitrogens with zero attached hydrogens (tertiary/aromatic N) is 1. The van der Waals surface area contributed by atoms with Crippen molar-refractivity contribution in [3.63, 3.8) is 0 Å². The molecule has 2 heterocycles. The molecule has 0 amide bonds. The Labute approximate surface area is 173 Å². The zero-order valence-corrected chi connectivity index (χ0v) is 19.4. The molecule has 156 valence electrons. The lowest BCUT2D eigenvalue weighted by molar-refractivity contribution is 0.101. The second-order valence-corrected chi connectivity index (χ2v) is 14.5. The highest BCUT2D eigenvalue weighted by atomic mass is 28.4. The van der Waals surface area contributed by atoms with Crippen molar-refractivity contribution in [3.05, 3.63) is 47.4 Å². The molecular formula is C23H30FNO3Si. The van der Waals surface area contributed by atoms with E-state index < -0.39 is 8.32 Å². The first kappa shape index (κ1) is 21.7. The van der Waals surface area contributed by atoms with Crippen LogP contribution in [0.5, 0.6) is 5.75 Å². The summed E-state index contributed by atoms with van der Waals surface area (Å²) in [7, 11) is -1.94. The molecule has 1 aliphatic rings. The van der Waals surface area contributed by atoms with E-state index in [0.717, 1.165) is 11.1 Å². The van der Waals surface area contributed by atoms with Crippen molar-refractivity contribution < 1.29 is 18.3 Å². The van der Waals surface area contributed by atoms with Gasteiger partial charge in [-0.1, -0.05) is 20.8 Å². The van der Waals surface area contributed by atoms with Gasteiger partial charge in [0.1, 0.15) is 29.6 Å². The highest BCUT2D eigenvalue weighted by molar-refractivity contribution is 6.74. The minimum Gasteiger partial charge on any atom is -0.490 e. The van der Waals surface area contributed by atoms with E-state index in [1.165, 1.54) is 19.1 Å². The molecule has 0 aliphatic carbocycles. The minimum atomic E-state index is -1.94. The van der Waals surface area contributed by atoms with Gasteiger partial charge in [-0.2, -0.15) is 0 Å². The zero-order chi connectivity index (χ0) is 21.6. The van der Waals surface area contributed by atoms with Gasteiger partial charge in [-0.3, -0.25) is 4.79 Å². The Morgan fingerprint density at radius 1 is 1.28 bits per heavy atom. The predicted octanol–water partition coefficient (Wildman–Crippen LogP) is 5.76. The molecule has 0 radical (unpaired) electrons. The third-order valence-electron chi connectivity index (χ3n) is 6.19. The van der Waals surface area contributed by atoms with E-state index in [-0.39, 0.29) is 22.1 Å². The van der Waals surface area contributed by atoms with Crippen LogP contribution in [-0.4, -0.2) is 32.3 Å². The summed E-state index contributed by atoms with van der Waals surface area (Å²) in [5, 5.41) is 0.105. The van der Waals surface area contributed by atoms with E-state index in [4.69, 9.17) is 9.16 Å². The Morgan fingerprint density at radius 3 is 2.45 bits per heavy atom. The van der Waals surface area contributed by atoms with Crippen molar-refractivity contribution in [3.8, 4) is 17.0 Å². The van der Waals surface area contributed by atoms with Gasteiger partial charge in [0.05, 0.1) is 5.41 Å². The minimum absolute atomic E-state index is 0.105. The third-order valence-corrected chi connectivity index (χ3v) is 10.7. The van der Waals surface area contributed by atoms with E-state index in [9.17, 15) is 9.18 Å². The van der Waals surface area contributed by atoms with Gasteiger partial charge in [-0.25, -0.2) is 9.37 Å². The molecule has 0 fully saturated rings. The Bertz CT molecular complexity index is 934. The van der Waals surface area contributed by atoms with Crippen LogP contribution in [0.4, 0.5) is 4.39 Å². The standard InChI is InChI=1S/C23H30FNO3Si/c1-15(26)19-12-18-21(20(25-19)16-8-10-17(24)11-9-16)27-13-23(18,5)14-28-29(6,7)22(2,3)4/h8-12H,13-14H2,1-7H3/t23-/m1/s1. The number of pyridine rings is 1. The molecule has 6 heteroatoms. The fraction of sp³-hybridized carbons (Fsp3) is 0.478. The monoisotopic (exact) mass is 415 g/mol. The Kier molecular flexibility index (Phi) is 5.47. The summed E-state index contributed by atoms with van der Waals surface area (Å²) in [6.45, 7) is 15.7. The number of carbonyl (C=O) groups excluding carboxylic acids is 1. The molecule has 0 unspecified atom stereocenters. The lowest BCUT2D eigenvalue weighted by Gasteiger charge is -2.38. The molecule has 2 aromatic rings.